The van der Waals surface area contributed by atoms with Gasteiger partial charge in [-0.1, -0.05) is 42.8 Å². The Balaban J connectivity index is 1.53. The number of nitrogens with zero attached hydrogens (tertiary/aromatic N) is 4. The summed E-state index contributed by atoms with van der Waals surface area (Å²) in [5.41, 5.74) is 3.44. The van der Waals surface area contributed by atoms with Crippen molar-refractivity contribution in [1.29, 1.82) is 0 Å². The molecule has 1 unspecified atom stereocenters. The number of fused-ring (bicyclic) bond motifs is 2. The molecule has 2 atom stereocenters. The zero-order valence-electron chi connectivity index (χ0n) is 18.9. The number of piperazine rings is 1. The number of hydrogen-bond donors (Lipinski definition) is 1. The molecule has 6 nitrogen and oxygen atoms in total. The highest BCUT2D eigenvalue weighted by Crippen LogP contribution is 2.37. The fraction of sp³-hybridized carbons (Fsp3) is 0.440. The Labute approximate surface area is 194 Å². The molecule has 0 saturated carbocycles. The number of methoxy groups -OCH3 is 1. The maximum absolute atomic E-state index is 6.61. The van der Waals surface area contributed by atoms with Crippen molar-refractivity contribution < 1.29 is 4.74 Å². The topological polar surface area (TPSA) is 53.5 Å². The van der Waals surface area contributed by atoms with E-state index in [2.05, 4.69) is 53.2 Å². The first kappa shape index (κ1) is 21.3. The van der Waals surface area contributed by atoms with Gasteiger partial charge in [-0.05, 0) is 37.3 Å². The average Bonchev–Trinajstić information content (AvgIpc) is 2.82. The van der Waals surface area contributed by atoms with E-state index in [0.717, 1.165) is 65.5 Å². The third kappa shape index (κ3) is 3.86. The molecule has 2 aliphatic rings. The van der Waals surface area contributed by atoms with Crippen LogP contribution in [0.25, 0.3) is 10.8 Å². The molecule has 168 valence electrons. The fourth-order valence-electron chi connectivity index (χ4n) is 5.09. The Morgan fingerprint density at radius 1 is 1.12 bits per heavy atom. The van der Waals surface area contributed by atoms with Crippen molar-refractivity contribution in [3.8, 4) is 6.01 Å². The summed E-state index contributed by atoms with van der Waals surface area (Å²) in [4.78, 5) is 14.4. The van der Waals surface area contributed by atoms with Crippen LogP contribution in [0, 0.1) is 0 Å². The van der Waals surface area contributed by atoms with E-state index in [1.54, 1.807) is 7.11 Å². The molecule has 3 aromatic rings. The summed E-state index contributed by atoms with van der Waals surface area (Å²) in [6.45, 7) is 7.98. The third-order valence-electron chi connectivity index (χ3n) is 6.63. The summed E-state index contributed by atoms with van der Waals surface area (Å²) < 4.78 is 5.52. The number of rotatable bonds is 4. The molecule has 32 heavy (non-hydrogen) atoms. The van der Waals surface area contributed by atoms with Crippen LogP contribution in [0.2, 0.25) is 5.02 Å². The van der Waals surface area contributed by atoms with E-state index in [-0.39, 0.29) is 0 Å². The molecule has 0 aliphatic carbocycles. The molecular weight excluding hydrogens is 422 g/mol. The predicted octanol–water partition coefficient (Wildman–Crippen LogP) is 4.43. The first-order chi connectivity index (χ1) is 15.6. The fourth-order valence-corrected chi connectivity index (χ4v) is 5.36. The van der Waals surface area contributed by atoms with Crippen molar-refractivity contribution in [2.75, 3.05) is 36.5 Å². The molecule has 0 radical (unpaired) electrons. The summed E-state index contributed by atoms with van der Waals surface area (Å²) in [5.74, 6) is 1.04. The lowest BCUT2D eigenvalue weighted by molar-refractivity contribution is 0.364. The van der Waals surface area contributed by atoms with Gasteiger partial charge in [-0.3, -0.25) is 0 Å². The van der Waals surface area contributed by atoms with Gasteiger partial charge in [0.05, 0.1) is 24.4 Å². The van der Waals surface area contributed by atoms with Gasteiger partial charge in [0, 0.05) is 48.4 Å². The lowest BCUT2D eigenvalue weighted by atomic mass is 10.0. The molecule has 1 N–H and O–H groups in total. The SMILES string of the molecule is CCC1CN(c2nc(OC)nc3c2CCN(c2cccc4cccc(Cl)c24)C3)C[C@H](C)N1. The first-order valence-electron chi connectivity index (χ1n) is 11.4. The smallest absolute Gasteiger partial charge is 0.318 e. The second-order valence-electron chi connectivity index (χ2n) is 8.82. The normalized spacial score (nSPS) is 21.0. The molecule has 2 aliphatic heterocycles. The molecule has 7 heteroatoms. The highest BCUT2D eigenvalue weighted by atomic mass is 35.5. The Morgan fingerprint density at radius 3 is 2.72 bits per heavy atom. The van der Waals surface area contributed by atoms with Gasteiger partial charge in [-0.15, -0.1) is 0 Å². The van der Waals surface area contributed by atoms with Gasteiger partial charge in [0.15, 0.2) is 0 Å². The second-order valence-corrected chi connectivity index (χ2v) is 9.23. The molecule has 0 bridgehead atoms. The molecule has 2 aromatic carbocycles. The van der Waals surface area contributed by atoms with Gasteiger partial charge >= 0.3 is 6.01 Å². The first-order valence-corrected chi connectivity index (χ1v) is 11.8. The van der Waals surface area contributed by atoms with Crippen LogP contribution in [-0.2, 0) is 13.0 Å². The maximum atomic E-state index is 6.61. The summed E-state index contributed by atoms with van der Waals surface area (Å²) >= 11 is 6.61. The number of ether oxygens (including phenoxy) is 1. The number of halogens is 1. The minimum atomic E-state index is 0.420. The number of anilines is 2. The van der Waals surface area contributed by atoms with E-state index in [9.17, 15) is 0 Å². The monoisotopic (exact) mass is 451 g/mol. The maximum Gasteiger partial charge on any atom is 0.318 e. The van der Waals surface area contributed by atoms with E-state index in [4.69, 9.17) is 26.3 Å². The van der Waals surface area contributed by atoms with E-state index in [1.807, 2.05) is 12.1 Å². The van der Waals surface area contributed by atoms with Crippen LogP contribution < -0.4 is 19.9 Å². The average molecular weight is 452 g/mol. The largest absolute Gasteiger partial charge is 0.467 e. The standard InChI is InChI=1S/C25H30ClN5O/c1-4-18-14-31(13-16(2)27-18)24-19-11-12-30(15-21(19)28-25(29-24)32-3)22-10-6-8-17-7-5-9-20(26)23(17)22/h5-10,16,18,27H,4,11-15H2,1-3H3/t16-,18?/m0/s1. The molecule has 1 aromatic heterocycles. The van der Waals surface area contributed by atoms with Gasteiger partial charge in [0.2, 0.25) is 0 Å². The summed E-state index contributed by atoms with van der Waals surface area (Å²) in [6, 6.07) is 13.8. The molecule has 3 heterocycles. The second kappa shape index (κ2) is 8.75. The van der Waals surface area contributed by atoms with Crippen molar-refractivity contribution in [3.63, 3.8) is 0 Å². The van der Waals surface area contributed by atoms with E-state index >= 15 is 0 Å². The highest BCUT2D eigenvalue weighted by molar-refractivity contribution is 6.36. The van der Waals surface area contributed by atoms with Crippen molar-refractivity contribution in [1.82, 2.24) is 15.3 Å². The number of hydrogen-bond acceptors (Lipinski definition) is 6. The van der Waals surface area contributed by atoms with Crippen LogP contribution in [0.3, 0.4) is 0 Å². The van der Waals surface area contributed by atoms with Crippen molar-refractivity contribution in [2.45, 2.75) is 45.3 Å². The van der Waals surface area contributed by atoms with Crippen LogP contribution in [0.1, 0.15) is 31.5 Å². The van der Waals surface area contributed by atoms with Gasteiger partial charge in [0.25, 0.3) is 0 Å². The Kier molecular flexibility index (Phi) is 5.82. The number of nitrogens with one attached hydrogen (secondary N) is 1. The summed E-state index contributed by atoms with van der Waals surface area (Å²) in [5, 5.41) is 6.73. The quantitative estimate of drug-likeness (QED) is 0.633. The van der Waals surface area contributed by atoms with E-state index < -0.39 is 0 Å². The Hall–Kier alpha value is -2.57. The summed E-state index contributed by atoms with van der Waals surface area (Å²) in [7, 11) is 1.64. The zero-order valence-corrected chi connectivity index (χ0v) is 19.7. The number of benzene rings is 2. The number of aromatic nitrogens is 2. The van der Waals surface area contributed by atoms with Crippen molar-refractivity contribution in [3.05, 3.63) is 52.7 Å². The molecular formula is C25H30ClN5O. The predicted molar refractivity (Wildman–Crippen MR) is 131 cm³/mol. The van der Waals surface area contributed by atoms with E-state index in [0.29, 0.717) is 24.6 Å². The van der Waals surface area contributed by atoms with Gasteiger partial charge in [0.1, 0.15) is 5.82 Å². The Bertz CT molecular complexity index is 1130. The molecule has 5 rings (SSSR count). The third-order valence-corrected chi connectivity index (χ3v) is 6.94. The highest BCUT2D eigenvalue weighted by Gasteiger charge is 2.30. The van der Waals surface area contributed by atoms with Crippen LogP contribution >= 0.6 is 11.6 Å². The lowest BCUT2D eigenvalue weighted by Crippen LogP contribution is -2.55. The van der Waals surface area contributed by atoms with Crippen LogP contribution in [-0.4, -0.2) is 48.8 Å². The minimum absolute atomic E-state index is 0.420. The zero-order chi connectivity index (χ0) is 22.2. The molecule has 0 spiro atoms. The van der Waals surface area contributed by atoms with Crippen LogP contribution in [0.15, 0.2) is 36.4 Å². The van der Waals surface area contributed by atoms with E-state index in [1.165, 1.54) is 5.56 Å². The lowest BCUT2D eigenvalue weighted by Gasteiger charge is -2.40. The molecule has 0 amide bonds. The molecule has 1 saturated heterocycles. The van der Waals surface area contributed by atoms with Gasteiger partial charge in [-0.2, -0.15) is 9.97 Å². The Morgan fingerprint density at radius 2 is 1.94 bits per heavy atom. The van der Waals surface area contributed by atoms with Crippen LogP contribution in [0.4, 0.5) is 11.5 Å². The van der Waals surface area contributed by atoms with Crippen molar-refractivity contribution in [2.24, 2.45) is 0 Å². The summed E-state index contributed by atoms with van der Waals surface area (Å²) in [6.07, 6.45) is 1.99. The van der Waals surface area contributed by atoms with Gasteiger partial charge < -0.3 is 19.9 Å². The van der Waals surface area contributed by atoms with Crippen molar-refractivity contribution >= 4 is 33.9 Å². The van der Waals surface area contributed by atoms with Gasteiger partial charge in [-0.25, -0.2) is 0 Å². The minimum Gasteiger partial charge on any atom is -0.467 e. The molecule has 1 fully saturated rings. The van der Waals surface area contributed by atoms with Crippen LogP contribution in [0.5, 0.6) is 6.01 Å².